The van der Waals surface area contributed by atoms with Crippen molar-refractivity contribution in [3.63, 3.8) is 0 Å². The molecule has 0 radical (unpaired) electrons. The number of nitrogens with zero attached hydrogens (tertiary/aromatic N) is 4. The first-order valence-corrected chi connectivity index (χ1v) is 9.65. The Morgan fingerprint density at radius 3 is 1.21 bits per heavy atom. The van der Waals surface area contributed by atoms with Crippen molar-refractivity contribution in [1.29, 1.82) is 0 Å². The molecule has 12 heteroatoms. The van der Waals surface area contributed by atoms with Gasteiger partial charge in [-0.25, -0.2) is 0 Å². The monoisotopic (exact) mass is 417 g/mol. The predicted octanol–water partition coefficient (Wildman–Crippen LogP) is -7.94. The van der Waals surface area contributed by atoms with Gasteiger partial charge in [0.15, 0.2) is 0 Å². The molecule has 0 aromatic carbocycles. The summed E-state index contributed by atoms with van der Waals surface area (Å²) >= 11 is 0. The minimum atomic E-state index is -1.26. The van der Waals surface area contributed by atoms with Gasteiger partial charge in [0.05, 0.1) is 17.9 Å². The van der Waals surface area contributed by atoms with Crippen LogP contribution in [-0.4, -0.2) is 134 Å². The van der Waals surface area contributed by atoms with E-state index >= 15 is 0 Å². The fourth-order valence-corrected chi connectivity index (χ4v) is 3.17. The van der Waals surface area contributed by atoms with Crippen LogP contribution in [0.25, 0.3) is 0 Å². The molecule has 1 unspecified atom stereocenters. The lowest BCUT2D eigenvalue weighted by Gasteiger charge is -2.35. The molecule has 0 saturated carbocycles. The minimum Gasteiger partial charge on any atom is -0.549 e. The molecule has 0 aromatic rings. The van der Waals surface area contributed by atoms with Gasteiger partial charge < -0.3 is 40.5 Å². The fraction of sp³-hybridized carbons (Fsp3) is 0.824. The van der Waals surface area contributed by atoms with Crippen LogP contribution >= 0.6 is 0 Å². The molecule has 0 aliphatic carbocycles. The van der Waals surface area contributed by atoms with Crippen LogP contribution in [0.3, 0.4) is 0 Å². The molecular formula is C17H31N5O7-2. The summed E-state index contributed by atoms with van der Waals surface area (Å²) in [6.45, 7) is 2.54. The number of β-amino-alcohol motifs (C(OH)–C–C–N with tert-alkyl or cyclic N) is 1. The second kappa shape index (κ2) is 13.4. The topological polar surface area (TPSA) is 181 Å². The fourth-order valence-electron chi connectivity index (χ4n) is 3.17. The van der Waals surface area contributed by atoms with Crippen molar-refractivity contribution < 1.29 is 40.5 Å². The van der Waals surface area contributed by atoms with Crippen LogP contribution in [0.5, 0.6) is 0 Å². The Bertz CT molecular complexity index is 504. The second-order valence-corrected chi connectivity index (χ2v) is 7.19. The van der Waals surface area contributed by atoms with E-state index in [1.54, 1.807) is 14.7 Å². The van der Waals surface area contributed by atoms with Gasteiger partial charge in [0.25, 0.3) is 0 Å². The minimum absolute atomic E-state index is 0.280. The highest BCUT2D eigenvalue weighted by atomic mass is 16.4. The van der Waals surface area contributed by atoms with E-state index in [9.17, 15) is 34.8 Å². The Labute approximate surface area is 170 Å². The molecule has 4 N–H and O–H groups in total. The Balaban J connectivity index is 2.91. The van der Waals surface area contributed by atoms with Gasteiger partial charge in [0.2, 0.25) is 0 Å². The molecule has 1 saturated heterocycles. The smallest absolute Gasteiger partial charge is 0.115 e. The molecule has 1 heterocycles. The standard InChI is InChI=1S/C17H33N5O7/c18-9-14(23)10-19-1-3-20(11-15(24)25)5-7-22(13-17(28)29)8-6-21(4-2-19)12-16(26)27/h14,23H,1-13,18H2,(H,24,25)(H,26,27)(H,28,29)/p-2. The van der Waals surface area contributed by atoms with E-state index in [0.717, 1.165) is 0 Å². The Morgan fingerprint density at radius 1 is 0.690 bits per heavy atom. The molecule has 12 nitrogen and oxygen atoms in total. The zero-order chi connectivity index (χ0) is 21.8. The maximum atomic E-state index is 11.1. The highest BCUT2D eigenvalue weighted by Crippen LogP contribution is 2.01. The Hall–Kier alpha value is -1.83. The van der Waals surface area contributed by atoms with E-state index in [2.05, 4.69) is 5.73 Å². The summed E-state index contributed by atoms with van der Waals surface area (Å²) < 4.78 is 0. The molecule has 1 fully saturated rings. The molecule has 1 aliphatic heterocycles. The van der Waals surface area contributed by atoms with E-state index in [-0.39, 0.29) is 32.7 Å². The predicted molar refractivity (Wildman–Crippen MR) is 94.5 cm³/mol. The number of carboxylic acid groups (broad SMARTS) is 3. The molecule has 0 aromatic heterocycles. The third-order valence-electron chi connectivity index (χ3n) is 4.79. The van der Waals surface area contributed by atoms with Crippen molar-refractivity contribution in [3.8, 4) is 0 Å². The first-order valence-electron chi connectivity index (χ1n) is 9.65. The van der Waals surface area contributed by atoms with E-state index in [0.29, 0.717) is 52.4 Å². The number of carbonyl (C=O) groups excluding carboxylic acids is 3. The average molecular weight is 417 g/mol. The number of aliphatic hydroxyl groups excluding tert-OH is 1. The average Bonchev–Trinajstić information content (AvgIpc) is 2.62. The van der Waals surface area contributed by atoms with Gasteiger partial charge >= 0.3 is 0 Å². The molecule has 1 aliphatic rings. The SMILES string of the molecule is [NH3+]CC(O)CN1CCN(CC(=O)[O-])CCN(CC(=O)[O-])CCN(CC(=O)[O-])CC1. The summed E-state index contributed by atoms with van der Waals surface area (Å²) in [5.41, 5.74) is 3.67. The molecule has 0 spiro atoms. The quantitative estimate of drug-likeness (QED) is 0.363. The number of quaternary nitrogens is 1. The van der Waals surface area contributed by atoms with Gasteiger partial charge in [-0.3, -0.25) is 19.6 Å². The summed E-state index contributed by atoms with van der Waals surface area (Å²) in [6, 6.07) is 0. The summed E-state index contributed by atoms with van der Waals surface area (Å²) in [4.78, 5) is 39.9. The van der Waals surface area contributed by atoms with Gasteiger partial charge in [-0.15, -0.1) is 0 Å². The first kappa shape index (κ1) is 25.2. The normalized spacial score (nSPS) is 20.5. The number of aliphatic carboxylic acids is 3. The molecular weight excluding hydrogens is 386 g/mol. The number of carboxylic acids is 3. The number of hydrogen-bond acceptors (Lipinski definition) is 11. The van der Waals surface area contributed by atoms with Crippen molar-refractivity contribution in [3.05, 3.63) is 0 Å². The van der Waals surface area contributed by atoms with Crippen molar-refractivity contribution >= 4 is 17.9 Å². The zero-order valence-electron chi connectivity index (χ0n) is 16.7. The van der Waals surface area contributed by atoms with Gasteiger partial charge in [-0.2, -0.15) is 0 Å². The summed E-state index contributed by atoms with van der Waals surface area (Å²) in [5, 5.41) is 43.0. The Kier molecular flexibility index (Phi) is 11.7. The lowest BCUT2D eigenvalue weighted by Crippen LogP contribution is -2.58. The van der Waals surface area contributed by atoms with Crippen LogP contribution in [0.1, 0.15) is 0 Å². The highest BCUT2D eigenvalue weighted by Gasteiger charge is 2.18. The van der Waals surface area contributed by atoms with Gasteiger partial charge in [-0.05, 0) is 0 Å². The largest absolute Gasteiger partial charge is 0.549 e. The molecule has 29 heavy (non-hydrogen) atoms. The van der Waals surface area contributed by atoms with Crippen LogP contribution < -0.4 is 21.1 Å². The molecule has 1 atom stereocenters. The lowest BCUT2D eigenvalue weighted by molar-refractivity contribution is -0.384. The maximum absolute atomic E-state index is 11.1. The Morgan fingerprint density at radius 2 is 0.966 bits per heavy atom. The third-order valence-corrected chi connectivity index (χ3v) is 4.79. The first-order chi connectivity index (χ1) is 13.7. The summed E-state index contributed by atoms with van der Waals surface area (Å²) in [7, 11) is 0. The van der Waals surface area contributed by atoms with Crippen molar-refractivity contribution in [1.82, 2.24) is 19.6 Å². The molecule has 0 bridgehead atoms. The van der Waals surface area contributed by atoms with Crippen LogP contribution in [0.15, 0.2) is 0 Å². The van der Waals surface area contributed by atoms with Crippen molar-refractivity contribution in [2.45, 2.75) is 6.10 Å². The maximum Gasteiger partial charge on any atom is 0.115 e. The number of rotatable bonds is 9. The zero-order valence-corrected chi connectivity index (χ0v) is 16.7. The van der Waals surface area contributed by atoms with Crippen molar-refractivity contribution in [2.24, 2.45) is 0 Å². The van der Waals surface area contributed by atoms with Crippen LogP contribution in [-0.2, 0) is 14.4 Å². The number of hydrogen-bond donors (Lipinski definition) is 2. The van der Waals surface area contributed by atoms with E-state index in [1.807, 2.05) is 4.90 Å². The van der Waals surface area contributed by atoms with Crippen LogP contribution in [0.2, 0.25) is 0 Å². The van der Waals surface area contributed by atoms with Crippen molar-refractivity contribution in [2.75, 3.05) is 85.1 Å². The van der Waals surface area contributed by atoms with E-state index < -0.39 is 24.0 Å². The summed E-state index contributed by atoms with van der Waals surface area (Å²) in [6.07, 6.45) is -0.648. The molecule has 1 rings (SSSR count). The lowest BCUT2D eigenvalue weighted by atomic mass is 10.3. The van der Waals surface area contributed by atoms with E-state index in [4.69, 9.17) is 0 Å². The van der Waals surface area contributed by atoms with Crippen LogP contribution in [0, 0.1) is 0 Å². The molecule has 168 valence electrons. The number of carbonyl (C=O) groups is 3. The van der Waals surface area contributed by atoms with Crippen LogP contribution in [0.4, 0.5) is 0 Å². The summed E-state index contributed by atoms with van der Waals surface area (Å²) in [5.74, 6) is -3.72. The van der Waals surface area contributed by atoms with Gasteiger partial charge in [0.1, 0.15) is 12.6 Å². The van der Waals surface area contributed by atoms with Gasteiger partial charge in [0, 0.05) is 78.5 Å². The third kappa shape index (κ3) is 11.7. The number of aliphatic hydroxyl groups is 1. The van der Waals surface area contributed by atoms with E-state index in [1.165, 1.54) is 0 Å². The van der Waals surface area contributed by atoms with Gasteiger partial charge in [-0.1, -0.05) is 0 Å². The second-order valence-electron chi connectivity index (χ2n) is 7.19. The molecule has 0 amide bonds. The highest BCUT2D eigenvalue weighted by molar-refractivity contribution is 5.67.